The maximum Gasteiger partial charge on any atom is 0.340 e. The number of nitro groups is 1. The average Bonchev–Trinajstić information content (AvgIpc) is 2.63. The molecule has 0 aromatic heterocycles. The van der Waals surface area contributed by atoms with Crippen molar-refractivity contribution in [3.8, 4) is 5.75 Å². The van der Waals surface area contributed by atoms with Crippen LogP contribution >= 0.6 is 0 Å². The third-order valence-electron chi connectivity index (χ3n) is 3.85. The molecule has 0 aliphatic carbocycles. The highest BCUT2D eigenvalue weighted by Crippen LogP contribution is 2.38. The molecule has 0 atom stereocenters. The fourth-order valence-electron chi connectivity index (χ4n) is 2.72. The number of non-ortho nitro benzene ring substituents is 1. The smallest absolute Gasteiger partial charge is 0.340 e. The van der Waals surface area contributed by atoms with E-state index in [2.05, 4.69) is 0 Å². The lowest BCUT2D eigenvalue weighted by Crippen LogP contribution is -2.26. The first-order chi connectivity index (χ1) is 13.6. The quantitative estimate of drug-likeness (QED) is 0.314. The van der Waals surface area contributed by atoms with E-state index in [0.29, 0.717) is 0 Å². The van der Waals surface area contributed by atoms with Crippen LogP contribution in [-0.4, -0.2) is 29.4 Å². The van der Waals surface area contributed by atoms with Crippen LogP contribution in [0.3, 0.4) is 0 Å². The molecule has 0 saturated carbocycles. The Morgan fingerprint density at radius 3 is 2.31 bits per heavy atom. The van der Waals surface area contributed by atoms with E-state index >= 15 is 0 Å². The summed E-state index contributed by atoms with van der Waals surface area (Å²) in [5.74, 6) is -1.80. The van der Waals surface area contributed by atoms with Gasteiger partial charge in [0.15, 0.2) is 5.75 Å². The summed E-state index contributed by atoms with van der Waals surface area (Å²) in [7, 11) is 0. The maximum atomic E-state index is 12.5. The van der Waals surface area contributed by atoms with Crippen LogP contribution in [0.4, 0.5) is 17.1 Å². The zero-order valence-corrected chi connectivity index (χ0v) is 16.4. The molecule has 0 aliphatic heterocycles. The van der Waals surface area contributed by atoms with Gasteiger partial charge >= 0.3 is 11.9 Å². The molecule has 0 saturated heterocycles. The molecule has 2 aromatic carbocycles. The summed E-state index contributed by atoms with van der Waals surface area (Å²) in [4.78, 5) is 48.1. The number of aryl methyl sites for hydroxylation is 1. The van der Waals surface area contributed by atoms with Gasteiger partial charge in [0.05, 0.1) is 28.5 Å². The Kier molecular flexibility index (Phi) is 6.66. The van der Waals surface area contributed by atoms with Gasteiger partial charge in [-0.15, -0.1) is 0 Å². The van der Waals surface area contributed by atoms with Gasteiger partial charge in [-0.3, -0.25) is 24.6 Å². The minimum absolute atomic E-state index is 0.0458. The van der Waals surface area contributed by atoms with Gasteiger partial charge in [0.1, 0.15) is 0 Å². The van der Waals surface area contributed by atoms with Crippen LogP contribution in [0, 0.1) is 17.0 Å². The molecule has 0 bridgehead atoms. The Morgan fingerprint density at radius 1 is 1.07 bits per heavy atom. The van der Waals surface area contributed by atoms with E-state index in [-0.39, 0.29) is 35.0 Å². The molecule has 0 radical (unpaired) electrons. The van der Waals surface area contributed by atoms with Gasteiger partial charge in [-0.25, -0.2) is 4.79 Å². The second-order valence-electron chi connectivity index (χ2n) is 6.10. The zero-order valence-electron chi connectivity index (χ0n) is 16.4. The molecule has 29 heavy (non-hydrogen) atoms. The molecular formula is C20H20N2O7. The van der Waals surface area contributed by atoms with Crippen molar-refractivity contribution in [3.05, 3.63) is 57.6 Å². The Labute approximate surface area is 167 Å². The molecule has 0 spiro atoms. The number of carbonyl (C=O) groups excluding carboxylic acids is 3. The van der Waals surface area contributed by atoms with Gasteiger partial charge in [0.2, 0.25) is 5.91 Å². The lowest BCUT2D eigenvalue weighted by Gasteiger charge is -2.25. The van der Waals surface area contributed by atoms with E-state index in [9.17, 15) is 24.5 Å². The van der Waals surface area contributed by atoms with Crippen LogP contribution < -0.4 is 9.64 Å². The van der Waals surface area contributed by atoms with Crippen molar-refractivity contribution in [3.63, 3.8) is 0 Å². The summed E-state index contributed by atoms with van der Waals surface area (Å²) in [6.45, 7) is 5.90. The summed E-state index contributed by atoms with van der Waals surface area (Å²) in [5.41, 5.74) is 0.561. The van der Waals surface area contributed by atoms with Gasteiger partial charge in [-0.1, -0.05) is 6.07 Å². The summed E-state index contributed by atoms with van der Waals surface area (Å²) < 4.78 is 10.2. The normalized spacial score (nSPS) is 10.2. The fraction of sp³-hybridized carbons (Fsp3) is 0.250. The number of anilines is 2. The molecule has 0 heterocycles. The van der Waals surface area contributed by atoms with Crippen LogP contribution in [0.15, 0.2) is 36.4 Å². The third kappa shape index (κ3) is 4.95. The molecule has 1 amide bonds. The molecule has 0 unspecified atom stereocenters. The number of nitrogens with zero attached hydrogens (tertiary/aromatic N) is 2. The predicted octanol–water partition coefficient (Wildman–Crippen LogP) is 3.69. The fourth-order valence-corrected chi connectivity index (χ4v) is 2.72. The number of hydrogen-bond donors (Lipinski definition) is 0. The van der Waals surface area contributed by atoms with E-state index in [1.54, 1.807) is 26.0 Å². The van der Waals surface area contributed by atoms with Crippen molar-refractivity contribution in [2.24, 2.45) is 0 Å². The second-order valence-corrected chi connectivity index (χ2v) is 6.10. The predicted molar refractivity (Wildman–Crippen MR) is 104 cm³/mol. The van der Waals surface area contributed by atoms with Crippen molar-refractivity contribution in [2.75, 3.05) is 11.5 Å². The van der Waals surface area contributed by atoms with Crippen molar-refractivity contribution >= 4 is 34.9 Å². The first-order valence-corrected chi connectivity index (χ1v) is 8.71. The minimum Gasteiger partial charge on any atom is -0.462 e. The standard InChI is InChI=1S/C20H20N2O7/c1-5-28-20(25)16-11-15(22(26)27)7-8-17(16)21(13(3)23)18-10-12(2)6-9-19(18)29-14(4)24/h6-11H,5H2,1-4H3. The highest BCUT2D eigenvalue weighted by Gasteiger charge is 2.27. The number of rotatable bonds is 6. The number of amides is 1. The number of esters is 2. The Hall–Kier alpha value is -3.75. The SMILES string of the molecule is CCOC(=O)c1cc([N+](=O)[O-])ccc1N(C(C)=O)c1cc(C)ccc1OC(C)=O. The summed E-state index contributed by atoms with van der Waals surface area (Å²) in [6.07, 6.45) is 0. The van der Waals surface area contributed by atoms with Crippen LogP contribution in [-0.2, 0) is 14.3 Å². The number of hydrogen-bond acceptors (Lipinski definition) is 7. The topological polar surface area (TPSA) is 116 Å². The Morgan fingerprint density at radius 2 is 1.76 bits per heavy atom. The van der Waals surface area contributed by atoms with Crippen molar-refractivity contribution in [2.45, 2.75) is 27.7 Å². The van der Waals surface area contributed by atoms with E-state index in [0.717, 1.165) is 16.5 Å². The minimum atomic E-state index is -0.820. The van der Waals surface area contributed by atoms with Crippen molar-refractivity contribution in [1.29, 1.82) is 0 Å². The maximum absolute atomic E-state index is 12.5. The largest absolute Gasteiger partial charge is 0.462 e. The van der Waals surface area contributed by atoms with Gasteiger partial charge < -0.3 is 9.47 Å². The molecule has 0 fully saturated rings. The molecule has 9 heteroatoms. The summed E-state index contributed by atoms with van der Waals surface area (Å²) in [6, 6.07) is 8.33. The molecule has 9 nitrogen and oxygen atoms in total. The van der Waals surface area contributed by atoms with E-state index in [1.165, 1.54) is 32.0 Å². The van der Waals surface area contributed by atoms with Crippen LogP contribution in [0.2, 0.25) is 0 Å². The zero-order chi connectivity index (χ0) is 21.7. The molecule has 2 aromatic rings. The lowest BCUT2D eigenvalue weighted by atomic mass is 10.1. The Balaban J connectivity index is 2.76. The van der Waals surface area contributed by atoms with Crippen LogP contribution in [0.5, 0.6) is 5.75 Å². The molecular weight excluding hydrogens is 380 g/mol. The average molecular weight is 400 g/mol. The lowest BCUT2D eigenvalue weighted by molar-refractivity contribution is -0.384. The molecule has 0 N–H and O–H groups in total. The molecule has 2 rings (SSSR count). The Bertz CT molecular complexity index is 985. The molecule has 0 aliphatic rings. The monoisotopic (exact) mass is 400 g/mol. The van der Waals surface area contributed by atoms with Crippen LogP contribution in [0.25, 0.3) is 0 Å². The van der Waals surface area contributed by atoms with E-state index < -0.39 is 22.8 Å². The second kappa shape index (κ2) is 8.96. The highest BCUT2D eigenvalue weighted by molar-refractivity contribution is 6.07. The number of ether oxygens (including phenoxy) is 2. The van der Waals surface area contributed by atoms with Crippen molar-refractivity contribution < 1.29 is 28.8 Å². The highest BCUT2D eigenvalue weighted by atomic mass is 16.6. The third-order valence-corrected chi connectivity index (χ3v) is 3.85. The van der Waals surface area contributed by atoms with Gasteiger partial charge in [-0.2, -0.15) is 0 Å². The summed E-state index contributed by atoms with van der Waals surface area (Å²) >= 11 is 0. The first-order valence-electron chi connectivity index (χ1n) is 8.71. The van der Waals surface area contributed by atoms with Gasteiger partial charge in [-0.05, 0) is 37.6 Å². The first kappa shape index (κ1) is 21.5. The van der Waals surface area contributed by atoms with Crippen LogP contribution in [0.1, 0.15) is 36.7 Å². The van der Waals surface area contributed by atoms with E-state index in [4.69, 9.17) is 9.47 Å². The summed E-state index contributed by atoms with van der Waals surface area (Å²) in [5, 5.41) is 11.2. The number of benzene rings is 2. The number of nitro benzene ring substituents is 1. The van der Waals surface area contributed by atoms with Crippen molar-refractivity contribution in [1.82, 2.24) is 0 Å². The van der Waals surface area contributed by atoms with E-state index in [1.807, 2.05) is 0 Å². The van der Waals surface area contributed by atoms with Gasteiger partial charge in [0.25, 0.3) is 5.69 Å². The molecule has 152 valence electrons. The number of carbonyl (C=O) groups is 3. The van der Waals surface area contributed by atoms with Gasteiger partial charge in [0, 0.05) is 26.0 Å².